The minimum atomic E-state index is 0.757. The van der Waals surface area contributed by atoms with E-state index in [4.69, 9.17) is 4.74 Å². The highest BCUT2D eigenvalue weighted by Crippen LogP contribution is 2.24. The van der Waals surface area contributed by atoms with Crippen LogP contribution >= 0.6 is 31.9 Å². The van der Waals surface area contributed by atoms with Crippen LogP contribution in [0.3, 0.4) is 0 Å². The van der Waals surface area contributed by atoms with Crippen LogP contribution in [-0.4, -0.2) is 6.61 Å². The molecule has 1 nitrogen and oxygen atoms in total. The molecule has 0 fully saturated rings. The van der Waals surface area contributed by atoms with Gasteiger partial charge in [-0.1, -0.05) is 46.3 Å². The summed E-state index contributed by atoms with van der Waals surface area (Å²) in [6.07, 6.45) is 3.27. The molecule has 3 heteroatoms. The fraction of sp³-hybridized carbons (Fsp3) is 0.250. The summed E-state index contributed by atoms with van der Waals surface area (Å²) in [5.41, 5.74) is 1.36. The highest BCUT2D eigenvalue weighted by molar-refractivity contribution is 9.10. The van der Waals surface area contributed by atoms with E-state index in [1.165, 1.54) is 10.0 Å². The van der Waals surface area contributed by atoms with Crippen molar-refractivity contribution >= 4 is 31.9 Å². The Morgan fingerprint density at radius 2 is 1.47 bits per heavy atom. The second-order valence-electron chi connectivity index (χ2n) is 4.33. The average molecular weight is 384 g/mol. The van der Waals surface area contributed by atoms with Crippen LogP contribution in [0.4, 0.5) is 0 Å². The van der Waals surface area contributed by atoms with E-state index in [2.05, 4.69) is 50.1 Å². The Morgan fingerprint density at radius 1 is 0.789 bits per heavy atom. The normalized spacial score (nSPS) is 10.4. The first-order chi connectivity index (χ1) is 9.27. The van der Waals surface area contributed by atoms with Gasteiger partial charge in [-0.05, 0) is 59.0 Å². The first-order valence-corrected chi connectivity index (χ1v) is 7.97. The molecule has 0 saturated heterocycles. The second-order valence-corrected chi connectivity index (χ2v) is 6.04. The third-order valence-corrected chi connectivity index (χ3v) is 4.32. The Kier molecular flexibility index (Phi) is 5.93. The molecule has 0 atom stereocenters. The van der Waals surface area contributed by atoms with Crippen molar-refractivity contribution in [3.05, 3.63) is 63.0 Å². The van der Waals surface area contributed by atoms with E-state index < -0.39 is 0 Å². The summed E-state index contributed by atoms with van der Waals surface area (Å²) < 4.78 is 7.96. The summed E-state index contributed by atoms with van der Waals surface area (Å²) in [5.74, 6) is 0.920. The standard InChI is InChI=1S/C16H16Br2O/c17-14-9-2-1-7-13(14)8-5-6-12-19-16-11-4-3-10-15(16)18/h1-4,7,9-11H,5-6,8,12H2. The van der Waals surface area contributed by atoms with Crippen molar-refractivity contribution in [2.75, 3.05) is 6.61 Å². The van der Waals surface area contributed by atoms with Gasteiger partial charge in [-0.2, -0.15) is 0 Å². The Balaban J connectivity index is 1.71. The summed E-state index contributed by atoms with van der Waals surface area (Å²) in [7, 11) is 0. The smallest absolute Gasteiger partial charge is 0.133 e. The maximum absolute atomic E-state index is 5.75. The molecule has 0 saturated carbocycles. The first-order valence-electron chi connectivity index (χ1n) is 6.38. The zero-order valence-electron chi connectivity index (χ0n) is 10.6. The summed E-state index contributed by atoms with van der Waals surface area (Å²) in [5, 5.41) is 0. The molecule has 100 valence electrons. The van der Waals surface area contributed by atoms with Gasteiger partial charge in [-0.3, -0.25) is 0 Å². The van der Waals surface area contributed by atoms with E-state index in [0.717, 1.165) is 36.1 Å². The fourth-order valence-electron chi connectivity index (χ4n) is 1.86. The predicted octanol–water partition coefficient (Wildman–Crippen LogP) is 5.61. The summed E-state index contributed by atoms with van der Waals surface area (Å²) >= 11 is 7.05. The van der Waals surface area contributed by atoms with E-state index in [1.807, 2.05) is 30.3 Å². The van der Waals surface area contributed by atoms with Crippen LogP contribution < -0.4 is 4.74 Å². The molecule has 2 aromatic carbocycles. The van der Waals surface area contributed by atoms with E-state index in [-0.39, 0.29) is 0 Å². The number of benzene rings is 2. The molecule has 2 rings (SSSR count). The summed E-state index contributed by atoms with van der Waals surface area (Å²) in [6, 6.07) is 16.3. The molecular weight excluding hydrogens is 368 g/mol. The topological polar surface area (TPSA) is 9.23 Å². The Labute approximate surface area is 131 Å². The lowest BCUT2D eigenvalue weighted by atomic mass is 10.1. The van der Waals surface area contributed by atoms with Gasteiger partial charge in [0.15, 0.2) is 0 Å². The van der Waals surface area contributed by atoms with Crippen molar-refractivity contribution in [1.82, 2.24) is 0 Å². The maximum atomic E-state index is 5.75. The highest BCUT2D eigenvalue weighted by atomic mass is 79.9. The molecule has 0 spiro atoms. The van der Waals surface area contributed by atoms with Crippen molar-refractivity contribution in [3.8, 4) is 5.75 Å². The van der Waals surface area contributed by atoms with Gasteiger partial charge < -0.3 is 4.74 Å². The number of hydrogen-bond donors (Lipinski definition) is 0. The van der Waals surface area contributed by atoms with Crippen LogP contribution in [-0.2, 0) is 6.42 Å². The molecular formula is C16H16Br2O. The molecule has 0 N–H and O–H groups in total. The third-order valence-electron chi connectivity index (χ3n) is 2.89. The lowest BCUT2D eigenvalue weighted by Crippen LogP contribution is -1.99. The van der Waals surface area contributed by atoms with Crippen LogP contribution in [0.15, 0.2) is 57.5 Å². The maximum Gasteiger partial charge on any atom is 0.133 e. The third kappa shape index (κ3) is 4.66. The van der Waals surface area contributed by atoms with Crippen LogP contribution in [0.25, 0.3) is 0 Å². The van der Waals surface area contributed by atoms with Gasteiger partial charge in [0, 0.05) is 4.47 Å². The fourth-order valence-corrected chi connectivity index (χ4v) is 2.74. The minimum Gasteiger partial charge on any atom is -0.492 e. The predicted molar refractivity (Wildman–Crippen MR) is 86.7 cm³/mol. The number of unbranched alkanes of at least 4 members (excludes halogenated alkanes) is 1. The Bertz CT molecular complexity index is 478. The second kappa shape index (κ2) is 7.71. The molecule has 0 unspecified atom stereocenters. The van der Waals surface area contributed by atoms with Crippen molar-refractivity contribution in [2.24, 2.45) is 0 Å². The molecule has 2 aromatic rings. The Morgan fingerprint density at radius 3 is 2.21 bits per heavy atom. The lowest BCUT2D eigenvalue weighted by Gasteiger charge is -2.08. The average Bonchev–Trinajstić information content (AvgIpc) is 2.42. The van der Waals surface area contributed by atoms with Crippen LogP contribution in [0, 0.1) is 0 Å². The zero-order chi connectivity index (χ0) is 13.5. The molecule has 0 aliphatic rings. The molecule has 0 aliphatic heterocycles. The van der Waals surface area contributed by atoms with Crippen molar-refractivity contribution in [3.63, 3.8) is 0 Å². The summed E-state index contributed by atoms with van der Waals surface area (Å²) in [6.45, 7) is 0.757. The van der Waals surface area contributed by atoms with Gasteiger partial charge in [0.25, 0.3) is 0 Å². The van der Waals surface area contributed by atoms with Crippen LogP contribution in [0.1, 0.15) is 18.4 Å². The number of aryl methyl sites for hydroxylation is 1. The van der Waals surface area contributed by atoms with E-state index in [0.29, 0.717) is 0 Å². The van der Waals surface area contributed by atoms with Crippen LogP contribution in [0.5, 0.6) is 5.75 Å². The zero-order valence-corrected chi connectivity index (χ0v) is 13.8. The Hall–Kier alpha value is -0.800. The quantitative estimate of drug-likeness (QED) is 0.588. The number of rotatable bonds is 6. The van der Waals surface area contributed by atoms with E-state index >= 15 is 0 Å². The number of hydrogen-bond acceptors (Lipinski definition) is 1. The van der Waals surface area contributed by atoms with Crippen molar-refractivity contribution < 1.29 is 4.74 Å². The number of para-hydroxylation sites is 1. The highest BCUT2D eigenvalue weighted by Gasteiger charge is 2.00. The first kappa shape index (κ1) is 14.6. The lowest BCUT2D eigenvalue weighted by molar-refractivity contribution is 0.305. The number of halogens is 2. The largest absolute Gasteiger partial charge is 0.492 e. The molecule has 0 aliphatic carbocycles. The van der Waals surface area contributed by atoms with Gasteiger partial charge in [-0.25, -0.2) is 0 Å². The van der Waals surface area contributed by atoms with Crippen molar-refractivity contribution in [1.29, 1.82) is 0 Å². The molecule has 19 heavy (non-hydrogen) atoms. The SMILES string of the molecule is Brc1ccccc1CCCCOc1ccccc1Br. The van der Waals surface area contributed by atoms with E-state index in [1.54, 1.807) is 0 Å². The van der Waals surface area contributed by atoms with E-state index in [9.17, 15) is 0 Å². The molecule has 0 amide bonds. The van der Waals surface area contributed by atoms with Crippen LogP contribution in [0.2, 0.25) is 0 Å². The van der Waals surface area contributed by atoms with Gasteiger partial charge in [-0.15, -0.1) is 0 Å². The summed E-state index contributed by atoms with van der Waals surface area (Å²) in [4.78, 5) is 0. The van der Waals surface area contributed by atoms with Crippen molar-refractivity contribution in [2.45, 2.75) is 19.3 Å². The molecule has 0 aromatic heterocycles. The molecule has 0 heterocycles. The van der Waals surface area contributed by atoms with Gasteiger partial charge in [0.1, 0.15) is 5.75 Å². The minimum absolute atomic E-state index is 0.757. The van der Waals surface area contributed by atoms with Gasteiger partial charge in [0.2, 0.25) is 0 Å². The number of ether oxygens (including phenoxy) is 1. The van der Waals surface area contributed by atoms with Gasteiger partial charge >= 0.3 is 0 Å². The molecule has 0 bridgehead atoms. The molecule has 0 radical (unpaired) electrons. The monoisotopic (exact) mass is 382 g/mol. The van der Waals surface area contributed by atoms with Gasteiger partial charge in [0.05, 0.1) is 11.1 Å².